The van der Waals surface area contributed by atoms with E-state index in [1.165, 1.54) is 205 Å². The number of hydrogen-bond acceptors (Lipinski definition) is 6. The zero-order chi connectivity index (χ0) is 37.0. The molecule has 0 aromatic rings. The van der Waals surface area contributed by atoms with Crippen LogP contribution in [0.2, 0.25) is 0 Å². The third-order valence-electron chi connectivity index (χ3n) is 8.21. The van der Waals surface area contributed by atoms with Crippen LogP contribution in [-0.4, -0.2) is 51.5 Å². The van der Waals surface area contributed by atoms with Gasteiger partial charge in [0.15, 0.2) is 0 Å². The van der Waals surface area contributed by atoms with Gasteiger partial charge in [0.25, 0.3) is 0 Å². The fraction of sp³-hybridized carbons (Fsp3) is 1.00. The monoisotopic (exact) mass is 731 g/mol. The second kappa shape index (κ2) is 46.7. The zero-order valence-electron chi connectivity index (χ0n) is 32.7. The van der Waals surface area contributed by atoms with E-state index in [1.54, 1.807) is 0 Å². The summed E-state index contributed by atoms with van der Waals surface area (Å²) < 4.78 is 54.5. The van der Waals surface area contributed by atoms with E-state index in [0.717, 1.165) is 13.1 Å². The number of quaternary nitrogens is 2. The maximum atomic E-state index is 9.08. The highest BCUT2D eigenvalue weighted by atomic mass is 32.2. The molecular formula is C38H86N2O6S2. The van der Waals surface area contributed by atoms with Gasteiger partial charge in [0.05, 0.1) is 33.3 Å². The summed E-state index contributed by atoms with van der Waals surface area (Å²) in [6, 6.07) is 0. The van der Waals surface area contributed by atoms with Crippen molar-refractivity contribution in [2.45, 2.75) is 219 Å². The minimum atomic E-state index is -3.92. The van der Waals surface area contributed by atoms with E-state index < -0.39 is 20.2 Å². The van der Waals surface area contributed by atoms with Gasteiger partial charge in [-0.25, -0.2) is 16.8 Å². The molecular weight excluding hydrogens is 645 g/mol. The Bertz CT molecular complexity index is 653. The van der Waals surface area contributed by atoms with Crippen LogP contribution in [0.25, 0.3) is 0 Å². The van der Waals surface area contributed by atoms with Gasteiger partial charge in [0.1, 0.15) is 0 Å². The molecule has 0 spiro atoms. The molecule has 8 nitrogen and oxygen atoms in total. The summed E-state index contributed by atoms with van der Waals surface area (Å²) in [7, 11) is -7.83. The van der Waals surface area contributed by atoms with Crippen molar-refractivity contribution >= 4 is 20.2 Å². The lowest BCUT2D eigenvalue weighted by Crippen LogP contribution is -2.50. The number of hydrogen-bond donors (Lipinski definition) is 2. The topological polar surface area (TPSA) is 170 Å². The summed E-state index contributed by atoms with van der Waals surface area (Å²) in [5, 5.41) is 0. The van der Waals surface area contributed by atoms with Crippen LogP contribution in [0.3, 0.4) is 0 Å². The maximum absolute atomic E-state index is 9.08. The molecule has 0 aliphatic heterocycles. The van der Waals surface area contributed by atoms with Crippen molar-refractivity contribution in [1.82, 2.24) is 0 Å². The molecule has 0 heterocycles. The normalized spacial score (nSPS) is 11.2. The van der Waals surface area contributed by atoms with Gasteiger partial charge in [0.2, 0.25) is 0 Å². The number of rotatable bonds is 32. The van der Waals surface area contributed by atoms with Gasteiger partial charge < -0.3 is 20.6 Å². The second-order valence-electron chi connectivity index (χ2n) is 13.7. The van der Waals surface area contributed by atoms with E-state index >= 15 is 0 Å². The van der Waals surface area contributed by atoms with E-state index in [2.05, 4.69) is 25.3 Å². The van der Waals surface area contributed by atoms with Crippen molar-refractivity contribution in [2.24, 2.45) is 0 Å². The number of unbranched alkanes of at least 4 members (excludes halogenated alkanes) is 30. The second-order valence-corrected chi connectivity index (χ2v) is 16.5. The minimum absolute atomic E-state index is 0.604. The molecule has 48 heavy (non-hydrogen) atoms. The van der Waals surface area contributed by atoms with Crippen molar-refractivity contribution in [3.63, 3.8) is 0 Å². The fourth-order valence-corrected chi connectivity index (χ4v) is 5.45. The first-order valence-corrected chi connectivity index (χ1v) is 23.9. The molecule has 0 saturated carbocycles. The van der Waals surface area contributed by atoms with E-state index in [4.69, 9.17) is 25.9 Å². The van der Waals surface area contributed by atoms with E-state index in [0.29, 0.717) is 12.5 Å². The molecule has 0 radical (unpaired) electrons. The highest BCUT2D eigenvalue weighted by Crippen LogP contribution is 2.15. The van der Waals surface area contributed by atoms with E-state index in [9.17, 15) is 0 Å². The highest BCUT2D eigenvalue weighted by Gasteiger charge is 1.96. The Balaban J connectivity index is -0.000000314. The van der Waals surface area contributed by atoms with Gasteiger partial charge >= 0.3 is 0 Å². The summed E-state index contributed by atoms with van der Waals surface area (Å²) in [4.78, 5) is 0. The van der Waals surface area contributed by atoms with Crippen LogP contribution in [0.4, 0.5) is 0 Å². The first-order chi connectivity index (χ1) is 22.8. The summed E-state index contributed by atoms with van der Waals surface area (Å²) >= 11 is 0. The predicted octanol–water partition coefficient (Wildman–Crippen LogP) is 9.30. The third-order valence-corrected chi connectivity index (χ3v) is 8.21. The maximum Gasteiger partial charge on any atom is 0.0916 e. The third kappa shape index (κ3) is 90.9. The molecule has 0 aliphatic rings. The van der Waals surface area contributed by atoms with E-state index in [-0.39, 0.29) is 0 Å². The van der Waals surface area contributed by atoms with E-state index in [1.807, 2.05) is 0 Å². The van der Waals surface area contributed by atoms with Crippen LogP contribution in [0.5, 0.6) is 0 Å². The Morgan fingerprint density at radius 1 is 0.312 bits per heavy atom. The highest BCUT2D eigenvalue weighted by molar-refractivity contribution is 7.85. The molecule has 0 aliphatic carbocycles. The lowest BCUT2D eigenvalue weighted by molar-refractivity contribution is -0.368. The van der Waals surface area contributed by atoms with Crippen LogP contribution < -0.4 is 11.5 Å². The van der Waals surface area contributed by atoms with Crippen molar-refractivity contribution in [3.05, 3.63) is 0 Å². The molecule has 0 bridgehead atoms. The van der Waals surface area contributed by atoms with Crippen LogP contribution in [0.1, 0.15) is 219 Å². The van der Waals surface area contributed by atoms with Crippen LogP contribution >= 0.6 is 0 Å². The van der Waals surface area contributed by atoms with Gasteiger partial charge in [0, 0.05) is 12.5 Å². The Kier molecular flexibility index (Phi) is 53.1. The molecule has 0 fully saturated rings. The Morgan fingerprint density at radius 2 is 0.417 bits per heavy atom. The van der Waals surface area contributed by atoms with Gasteiger partial charge in [-0.2, -0.15) is 0 Å². The van der Waals surface area contributed by atoms with Crippen LogP contribution in [-0.2, 0) is 20.2 Å². The molecule has 0 aromatic heterocycles. The van der Waals surface area contributed by atoms with Crippen LogP contribution in [0.15, 0.2) is 0 Å². The Labute approximate surface area is 301 Å². The zero-order valence-corrected chi connectivity index (χ0v) is 34.4. The van der Waals surface area contributed by atoms with Gasteiger partial charge in [-0.15, -0.1) is 0 Å². The Morgan fingerprint density at radius 3 is 0.521 bits per heavy atom. The quantitative estimate of drug-likeness (QED) is 0.0516. The van der Waals surface area contributed by atoms with Gasteiger partial charge in [-0.1, -0.05) is 194 Å². The first kappa shape index (κ1) is 54.5. The molecule has 296 valence electrons. The molecule has 0 aromatic carbocycles. The Hall–Kier alpha value is -0.260. The summed E-state index contributed by atoms with van der Waals surface area (Å²) in [5.41, 5.74) is 7.78. The molecule has 0 amide bonds. The predicted molar refractivity (Wildman–Crippen MR) is 206 cm³/mol. The lowest BCUT2D eigenvalue weighted by atomic mass is 10.0. The average molecular weight is 731 g/mol. The summed E-state index contributed by atoms with van der Waals surface area (Å²) in [6.45, 7) is 6.83. The summed E-state index contributed by atoms with van der Waals surface area (Å²) in [6.07, 6.45) is 47.6. The van der Waals surface area contributed by atoms with Crippen molar-refractivity contribution in [3.8, 4) is 0 Å². The van der Waals surface area contributed by atoms with Crippen molar-refractivity contribution in [2.75, 3.05) is 25.6 Å². The first-order valence-electron chi connectivity index (χ1n) is 20.2. The molecule has 0 rings (SSSR count). The van der Waals surface area contributed by atoms with Gasteiger partial charge in [-0.3, -0.25) is 0 Å². The molecule has 6 N–H and O–H groups in total. The average Bonchev–Trinajstić information content (AvgIpc) is 3.00. The summed E-state index contributed by atoms with van der Waals surface area (Å²) in [5.74, 6) is 0. The largest absolute Gasteiger partial charge is 0.748 e. The van der Waals surface area contributed by atoms with Gasteiger partial charge in [-0.05, 0) is 25.7 Å². The molecule has 10 heteroatoms. The molecule has 0 atom stereocenters. The smallest absolute Gasteiger partial charge is 0.0916 e. The molecule has 0 saturated heterocycles. The van der Waals surface area contributed by atoms with Crippen LogP contribution in [0, 0.1) is 0 Å². The fourth-order valence-electron chi connectivity index (χ4n) is 5.45. The SMILES string of the molecule is CCCCCCCCCCCCCCCCCC[NH3+].CCCCCCCCCCCCCCCCCC[NH3+].CS(=O)(=O)[O-].CS(=O)(=O)[O-]. The minimum Gasteiger partial charge on any atom is -0.748 e. The van der Waals surface area contributed by atoms with Crippen molar-refractivity contribution < 1.29 is 37.4 Å². The molecule has 0 unspecified atom stereocenters. The standard InChI is InChI=1S/2C18H39N.2CH4O3S/c2*1-2-3-4-5-6-7-8-9-10-11-12-13-14-15-16-17-18-19;2*1-5(2,3)4/h2*2-19H2,1H3;2*1H3,(H,2,3,4). The lowest BCUT2D eigenvalue weighted by Gasteiger charge is -2.03. The van der Waals surface area contributed by atoms with Crippen molar-refractivity contribution in [1.29, 1.82) is 0 Å².